The Hall–Kier alpha value is 0.00623. The van der Waals surface area contributed by atoms with Crippen LogP contribution < -0.4 is 0 Å². The summed E-state index contributed by atoms with van der Waals surface area (Å²) in [5.74, 6) is 0. The second-order valence-electron chi connectivity index (χ2n) is 3.38. The van der Waals surface area contributed by atoms with E-state index in [0.29, 0.717) is 10.0 Å². The summed E-state index contributed by atoms with van der Waals surface area (Å²) in [5, 5.41) is 1.07. The Morgan fingerprint density at radius 3 is 1.10 bits per heavy atom. The smallest absolute Gasteiger partial charge is 0.768 e. The molecule has 0 amide bonds. The van der Waals surface area contributed by atoms with Crippen LogP contribution in [0.15, 0.2) is 58.3 Å². The van der Waals surface area contributed by atoms with Gasteiger partial charge in [-0.1, -0.05) is 23.2 Å². The summed E-state index contributed by atoms with van der Waals surface area (Å²) in [6.07, 6.45) is 0. The first-order valence-electron chi connectivity index (χ1n) is 5.10. The van der Waals surface area contributed by atoms with E-state index in [2.05, 4.69) is 0 Å². The fraction of sp³-hybridized carbons (Fsp3) is 0. The molecule has 0 aliphatic heterocycles. The molecule has 2 aromatic carbocycles. The van der Waals surface area contributed by atoms with Crippen molar-refractivity contribution in [2.45, 2.75) is 9.79 Å². The first kappa shape index (κ1) is 21.0. The van der Waals surface area contributed by atoms with Crippen LogP contribution in [-0.2, 0) is 22.2 Å². The summed E-state index contributed by atoms with van der Waals surface area (Å²) in [6, 6.07) is 11.9. The number of halogens is 2. The molecule has 21 heavy (non-hydrogen) atoms. The predicted octanol–water partition coefficient (Wildman–Crippen LogP) is 2.78. The first-order valence-corrected chi connectivity index (χ1v) is 8.00. The summed E-state index contributed by atoms with van der Waals surface area (Å²) in [7, 11) is 0. The van der Waals surface area contributed by atoms with Gasteiger partial charge in [0.05, 0.1) is 0 Å². The molecule has 0 spiro atoms. The van der Waals surface area contributed by atoms with Crippen LogP contribution in [0.1, 0.15) is 0 Å². The molecule has 0 radical (unpaired) electrons. The molecule has 0 bridgehead atoms. The van der Waals surface area contributed by atoms with E-state index in [-0.39, 0.29) is 32.8 Å². The van der Waals surface area contributed by atoms with Gasteiger partial charge in [0.25, 0.3) is 0 Å². The minimum absolute atomic E-state index is 0. The summed E-state index contributed by atoms with van der Waals surface area (Å²) >= 11 is 6.74. The quantitative estimate of drug-likeness (QED) is 0.597. The van der Waals surface area contributed by atoms with Crippen LogP contribution in [0, 0.1) is 0 Å². The van der Waals surface area contributed by atoms with Crippen molar-refractivity contribution in [3.63, 3.8) is 0 Å². The van der Waals surface area contributed by atoms with Gasteiger partial charge in [-0.15, -0.1) is 0 Å². The molecular weight excluding hydrogens is 367 g/mol. The molecule has 108 valence electrons. The van der Waals surface area contributed by atoms with E-state index >= 15 is 0 Å². The van der Waals surface area contributed by atoms with E-state index in [9.17, 15) is 17.5 Å². The van der Waals surface area contributed by atoms with E-state index in [1.807, 2.05) is 0 Å². The van der Waals surface area contributed by atoms with Gasteiger partial charge >= 0.3 is 23.1 Å². The van der Waals surface area contributed by atoms with Crippen molar-refractivity contribution in [3.05, 3.63) is 58.6 Å². The van der Waals surface area contributed by atoms with Gasteiger partial charge in [-0.05, 0) is 70.7 Å². The van der Waals surface area contributed by atoms with Crippen molar-refractivity contribution >= 4 is 68.4 Å². The van der Waals surface area contributed by atoms with Gasteiger partial charge in [0.2, 0.25) is 0 Å². The van der Waals surface area contributed by atoms with Crippen LogP contribution in [0.2, 0.25) is 10.0 Å². The van der Waals surface area contributed by atoms with Crippen LogP contribution in [0.25, 0.3) is 0 Å². The summed E-state index contributed by atoms with van der Waals surface area (Å²) in [4.78, 5) is 0.508. The Morgan fingerprint density at radius 2 is 0.905 bits per heavy atom. The number of rotatable bonds is 2. The summed E-state index contributed by atoms with van der Waals surface area (Å²) < 4.78 is 41.1. The third-order valence-corrected chi connectivity index (χ3v) is 3.83. The first-order chi connectivity index (χ1) is 9.40. The molecule has 0 saturated carbocycles. The van der Waals surface area contributed by atoms with Crippen molar-refractivity contribution < 1.29 is 17.5 Å². The van der Waals surface area contributed by atoms with Crippen molar-refractivity contribution in [2.24, 2.45) is 0 Å². The average molecular weight is 376 g/mol. The van der Waals surface area contributed by atoms with E-state index in [1.165, 1.54) is 48.5 Å². The maximum absolute atomic E-state index is 10.3. The molecule has 2 rings (SSSR count). The maximum atomic E-state index is 10.3. The zero-order valence-electron chi connectivity index (χ0n) is 10.5. The Morgan fingerprint density at radius 1 is 0.667 bits per heavy atom. The maximum Gasteiger partial charge on any atom is 2.00 e. The van der Waals surface area contributed by atoms with Crippen molar-refractivity contribution in [1.29, 1.82) is 0 Å². The standard InChI is InChI=1S/2C6H5ClO2S.Mg/c2*7-5-1-3-6(4-2-5)10(8)9;/h2*1-4H,(H,8,9);/q;;+2/p-2. The minimum Gasteiger partial charge on any atom is -0.768 e. The summed E-state index contributed by atoms with van der Waals surface area (Å²) in [6.45, 7) is 0. The molecule has 0 N–H and O–H groups in total. The van der Waals surface area contributed by atoms with Crippen molar-refractivity contribution in [2.75, 3.05) is 0 Å². The van der Waals surface area contributed by atoms with Crippen molar-refractivity contribution in [3.8, 4) is 0 Å². The second-order valence-corrected chi connectivity index (χ2v) is 6.13. The van der Waals surface area contributed by atoms with Gasteiger partial charge < -0.3 is 9.11 Å². The minimum atomic E-state index is -2.15. The molecule has 2 unspecified atom stereocenters. The molecule has 9 heteroatoms. The molecule has 0 heterocycles. The molecule has 0 aliphatic carbocycles. The van der Waals surface area contributed by atoms with Crippen LogP contribution in [0.3, 0.4) is 0 Å². The van der Waals surface area contributed by atoms with Gasteiger partial charge in [0.1, 0.15) is 0 Å². The van der Waals surface area contributed by atoms with Crippen LogP contribution in [0.5, 0.6) is 0 Å². The molecule has 2 atom stereocenters. The van der Waals surface area contributed by atoms with Crippen LogP contribution in [0.4, 0.5) is 0 Å². The third-order valence-electron chi connectivity index (χ3n) is 2.01. The molecular formula is C12H8Cl2MgO4S2. The third kappa shape index (κ3) is 8.27. The zero-order chi connectivity index (χ0) is 15.1. The van der Waals surface area contributed by atoms with Gasteiger partial charge in [-0.25, -0.2) is 0 Å². The van der Waals surface area contributed by atoms with E-state index in [0.717, 1.165) is 0 Å². The SMILES string of the molecule is O=S([O-])c1ccc(Cl)cc1.O=S([O-])c1ccc(Cl)cc1.[Mg+2]. The topological polar surface area (TPSA) is 80.3 Å². The van der Waals surface area contributed by atoms with Crippen LogP contribution in [-0.4, -0.2) is 40.6 Å². The molecule has 2 aromatic rings. The average Bonchev–Trinajstić information content (AvgIpc) is 2.40. The monoisotopic (exact) mass is 374 g/mol. The molecule has 0 saturated heterocycles. The second kappa shape index (κ2) is 10.7. The van der Waals surface area contributed by atoms with E-state index in [1.54, 1.807) is 0 Å². The largest absolute Gasteiger partial charge is 2.00 e. The van der Waals surface area contributed by atoms with E-state index in [4.69, 9.17) is 23.2 Å². The fourth-order valence-electron chi connectivity index (χ4n) is 1.09. The summed E-state index contributed by atoms with van der Waals surface area (Å²) in [5.41, 5.74) is 0. The number of hydrogen-bond acceptors (Lipinski definition) is 4. The Labute approximate surface area is 153 Å². The number of benzene rings is 2. The fourth-order valence-corrected chi connectivity index (χ4v) is 2.06. The van der Waals surface area contributed by atoms with Gasteiger partial charge in [-0.2, -0.15) is 0 Å². The Kier molecular flexibility index (Phi) is 10.7. The zero-order valence-corrected chi connectivity index (χ0v) is 15.1. The molecule has 4 nitrogen and oxygen atoms in total. The molecule has 0 aromatic heterocycles. The molecule has 0 fully saturated rings. The Balaban J connectivity index is 0.000000364. The Bertz CT molecular complexity index is 550. The van der Waals surface area contributed by atoms with Crippen molar-refractivity contribution in [1.82, 2.24) is 0 Å². The number of hydrogen-bond donors (Lipinski definition) is 0. The van der Waals surface area contributed by atoms with Gasteiger partial charge in [-0.3, -0.25) is 8.42 Å². The predicted molar refractivity (Wildman–Crippen MR) is 83.0 cm³/mol. The normalized spacial score (nSPS) is 12.4. The van der Waals surface area contributed by atoms with Crippen LogP contribution >= 0.6 is 23.2 Å². The molecule has 0 aliphatic rings. The van der Waals surface area contributed by atoms with E-state index < -0.39 is 22.2 Å². The van der Waals surface area contributed by atoms with Gasteiger partial charge in [0, 0.05) is 19.8 Å². The van der Waals surface area contributed by atoms with Gasteiger partial charge in [0.15, 0.2) is 0 Å².